The molecule has 0 unspecified atom stereocenters. The molecule has 1 aromatic carbocycles. The third-order valence-corrected chi connectivity index (χ3v) is 10.0. The van der Waals surface area contributed by atoms with Crippen LogP contribution < -0.4 is 49.1 Å². The highest BCUT2D eigenvalue weighted by atomic mass is 16.5. The van der Waals surface area contributed by atoms with Crippen molar-refractivity contribution >= 4 is 59.2 Å². The normalized spacial score (nSPS) is 14.7. The van der Waals surface area contributed by atoms with Crippen molar-refractivity contribution in [1.82, 2.24) is 37.0 Å². The molecule has 0 spiro atoms. The molecule has 0 aliphatic rings. The number of hydroxylamine groups is 2. The highest BCUT2D eigenvalue weighted by Gasteiger charge is 2.35. The van der Waals surface area contributed by atoms with Crippen LogP contribution in [0.15, 0.2) is 30.3 Å². The number of amides is 8. The number of nitrogens with one attached hydrogen (secondary N) is 6. The lowest BCUT2D eigenvalue weighted by atomic mass is 9.97. The van der Waals surface area contributed by atoms with Crippen LogP contribution >= 0.6 is 0 Å². The van der Waals surface area contributed by atoms with E-state index in [1.807, 2.05) is 0 Å². The van der Waals surface area contributed by atoms with Crippen LogP contribution in [0.2, 0.25) is 0 Å². The molecular weight excluding hydrogens is 857 g/mol. The predicted octanol–water partition coefficient (Wildman–Crippen LogP) is -3.28. The summed E-state index contributed by atoms with van der Waals surface area (Å²) in [5, 5.41) is 52.8. The molecule has 1 aromatic rings. The smallest absolute Gasteiger partial charge is 0.326 e. The first-order chi connectivity index (χ1) is 30.5. The SMILES string of the molecule is CC[C@H](C)[C@H](NC(=O)CN(O)C(=O)[C@@H](N)CO)C(=O)N[C@@H](CC(N)=O)C(=O)N[C@@H](Cc1ccccc1)C(=O)N[C@@H](CCC(=O)O)C(=O)N[C@@H](CCCCN)C(=O)N[C@@H](CC(C)C)C(=O)O. The maximum absolute atomic E-state index is 14.1. The third-order valence-electron chi connectivity index (χ3n) is 10.0. The third kappa shape index (κ3) is 21.3. The van der Waals surface area contributed by atoms with Crippen LogP contribution in [0.4, 0.5) is 0 Å². The lowest BCUT2D eigenvalue weighted by Gasteiger charge is -2.28. The second-order valence-corrected chi connectivity index (χ2v) is 16.0. The minimum atomic E-state index is -1.77. The number of carbonyl (C=O) groups excluding carboxylic acids is 8. The van der Waals surface area contributed by atoms with Crippen LogP contribution in [0, 0.1) is 11.8 Å². The molecule has 0 saturated heterocycles. The predicted molar refractivity (Wildman–Crippen MR) is 230 cm³/mol. The van der Waals surface area contributed by atoms with E-state index >= 15 is 0 Å². The second kappa shape index (κ2) is 29.3. The first-order valence-electron chi connectivity index (χ1n) is 21.2. The Balaban J connectivity index is 3.52. The Morgan fingerprint density at radius 1 is 0.708 bits per heavy atom. The van der Waals surface area contributed by atoms with Crippen LogP contribution in [0.3, 0.4) is 0 Å². The Hall–Kier alpha value is -6.24. The molecular formula is C41H66N10O14. The number of benzene rings is 1. The topological polar surface area (TPSA) is 405 Å². The molecule has 65 heavy (non-hydrogen) atoms. The monoisotopic (exact) mass is 922 g/mol. The van der Waals surface area contributed by atoms with Crippen molar-refractivity contribution in [2.75, 3.05) is 19.7 Å². The van der Waals surface area contributed by atoms with Crippen LogP contribution in [-0.2, 0) is 54.4 Å². The van der Waals surface area contributed by atoms with Gasteiger partial charge in [0.15, 0.2) is 0 Å². The van der Waals surface area contributed by atoms with Crippen molar-refractivity contribution in [3.63, 3.8) is 0 Å². The van der Waals surface area contributed by atoms with Gasteiger partial charge in [0.05, 0.1) is 13.0 Å². The summed E-state index contributed by atoms with van der Waals surface area (Å²) in [6.07, 6.45) is -1.09. The molecule has 24 heteroatoms. The average Bonchev–Trinajstić information content (AvgIpc) is 3.24. The van der Waals surface area contributed by atoms with Gasteiger partial charge in [-0.25, -0.2) is 9.86 Å². The number of aliphatic carboxylic acids is 2. The van der Waals surface area contributed by atoms with Gasteiger partial charge in [0.2, 0.25) is 41.4 Å². The van der Waals surface area contributed by atoms with Crippen molar-refractivity contribution in [2.24, 2.45) is 29.0 Å². The van der Waals surface area contributed by atoms with Gasteiger partial charge in [0.25, 0.3) is 5.91 Å². The lowest BCUT2D eigenvalue weighted by Crippen LogP contribution is -2.61. The van der Waals surface area contributed by atoms with Crippen LogP contribution in [0.1, 0.15) is 84.6 Å². The van der Waals surface area contributed by atoms with E-state index in [1.165, 1.54) is 0 Å². The van der Waals surface area contributed by atoms with E-state index in [2.05, 4.69) is 31.9 Å². The largest absolute Gasteiger partial charge is 0.481 e. The molecule has 0 saturated carbocycles. The van der Waals surface area contributed by atoms with Gasteiger partial charge in [-0.05, 0) is 56.0 Å². The van der Waals surface area contributed by atoms with E-state index in [0.29, 0.717) is 18.4 Å². The maximum Gasteiger partial charge on any atom is 0.326 e. The van der Waals surface area contributed by atoms with Crippen LogP contribution in [0.25, 0.3) is 0 Å². The summed E-state index contributed by atoms with van der Waals surface area (Å²) in [6.45, 7) is 5.15. The summed E-state index contributed by atoms with van der Waals surface area (Å²) < 4.78 is 0. The number of nitrogens with zero attached hydrogens (tertiary/aromatic N) is 1. The number of nitrogens with two attached hydrogens (primary N) is 3. The van der Waals surface area contributed by atoms with Gasteiger partial charge in [-0.15, -0.1) is 0 Å². The lowest BCUT2D eigenvalue weighted by molar-refractivity contribution is -0.171. The molecule has 0 fully saturated rings. The van der Waals surface area contributed by atoms with Crippen molar-refractivity contribution in [3.05, 3.63) is 35.9 Å². The zero-order valence-corrected chi connectivity index (χ0v) is 37.1. The molecule has 0 aromatic heterocycles. The summed E-state index contributed by atoms with van der Waals surface area (Å²) in [7, 11) is 0. The molecule has 0 aliphatic heterocycles. The van der Waals surface area contributed by atoms with Crippen molar-refractivity contribution in [3.8, 4) is 0 Å². The second-order valence-electron chi connectivity index (χ2n) is 16.0. The molecule has 0 aliphatic carbocycles. The number of primary amides is 1. The van der Waals surface area contributed by atoms with Gasteiger partial charge in [-0.2, -0.15) is 0 Å². The Morgan fingerprint density at radius 3 is 1.74 bits per heavy atom. The zero-order valence-electron chi connectivity index (χ0n) is 37.1. The van der Waals surface area contributed by atoms with Gasteiger partial charge in [-0.3, -0.25) is 48.4 Å². The number of aliphatic hydroxyl groups excluding tert-OH is 1. The number of carboxylic acids is 2. The number of rotatable bonds is 31. The highest BCUT2D eigenvalue weighted by Crippen LogP contribution is 2.12. The van der Waals surface area contributed by atoms with E-state index in [9.17, 15) is 63.4 Å². The Labute approximate surface area is 376 Å². The first kappa shape index (κ1) is 56.8. The number of hydrogen-bond donors (Lipinski definition) is 13. The van der Waals surface area contributed by atoms with E-state index in [-0.39, 0.29) is 43.2 Å². The molecule has 16 N–H and O–H groups in total. The molecule has 1 rings (SSSR count). The maximum atomic E-state index is 14.1. The fourth-order valence-electron chi connectivity index (χ4n) is 6.22. The van der Waals surface area contributed by atoms with Crippen molar-refractivity contribution in [2.45, 2.75) is 128 Å². The molecule has 0 radical (unpaired) electrons. The molecule has 0 bridgehead atoms. The fourth-order valence-corrected chi connectivity index (χ4v) is 6.22. The summed E-state index contributed by atoms with van der Waals surface area (Å²) >= 11 is 0. The average molecular weight is 923 g/mol. The summed E-state index contributed by atoms with van der Waals surface area (Å²) in [5.74, 6) is -11.7. The highest BCUT2D eigenvalue weighted by molar-refractivity contribution is 5.98. The van der Waals surface area contributed by atoms with E-state index in [1.54, 1.807) is 58.0 Å². The number of unbranched alkanes of at least 4 members (excludes halogenated alkanes) is 1. The summed E-state index contributed by atoms with van der Waals surface area (Å²) in [5.41, 5.74) is 16.9. The standard InChI is InChI=1S/C41H66N10O14/c1-5-23(4)34(50-32(54)20-51(65)40(62)25(43)21-52)39(61)48-29(19-31(44)53)38(60)47-28(18-24-11-7-6-8-12-24)37(59)46-27(14-15-33(55)56)36(58)45-26(13-9-10-16-42)35(57)49-30(41(63)64)17-22(2)3/h6-8,11-12,22-23,25-30,34,52,65H,5,9-10,13-21,42-43H2,1-4H3,(H2,44,53)(H,45,58)(H,46,59)(H,47,60)(H,48,61)(H,49,57)(H,50,54)(H,55,56)(H,63,64)/t23-,25-,26-,27-,28-,29-,30-,34-/m0/s1. The minimum absolute atomic E-state index is 0.00249. The number of hydrogen-bond acceptors (Lipinski definition) is 14. The van der Waals surface area contributed by atoms with E-state index in [0.717, 1.165) is 0 Å². The number of carbonyl (C=O) groups is 10. The number of carboxylic acid groups (broad SMARTS) is 2. The van der Waals surface area contributed by atoms with Crippen LogP contribution in [-0.4, -0.2) is 147 Å². The van der Waals surface area contributed by atoms with Crippen LogP contribution in [0.5, 0.6) is 0 Å². The molecule has 0 heterocycles. The fraction of sp³-hybridized carbons (Fsp3) is 0.610. The minimum Gasteiger partial charge on any atom is -0.481 e. The van der Waals surface area contributed by atoms with Gasteiger partial charge < -0.3 is 64.4 Å². The summed E-state index contributed by atoms with van der Waals surface area (Å²) in [4.78, 5) is 130. The molecule has 8 atom stereocenters. The zero-order chi connectivity index (χ0) is 49.4. The Kier molecular flexibility index (Phi) is 25.6. The quantitative estimate of drug-likeness (QED) is 0.0197. The Bertz CT molecular complexity index is 1790. The van der Waals surface area contributed by atoms with Crippen molar-refractivity contribution < 1.29 is 68.5 Å². The Morgan fingerprint density at radius 2 is 1.23 bits per heavy atom. The van der Waals surface area contributed by atoms with Gasteiger partial charge in [-0.1, -0.05) is 64.4 Å². The first-order valence-corrected chi connectivity index (χ1v) is 21.2. The van der Waals surface area contributed by atoms with Gasteiger partial charge in [0.1, 0.15) is 48.8 Å². The van der Waals surface area contributed by atoms with Gasteiger partial charge in [0, 0.05) is 12.8 Å². The molecule has 8 amide bonds. The molecule has 364 valence electrons. The van der Waals surface area contributed by atoms with Gasteiger partial charge >= 0.3 is 11.9 Å². The van der Waals surface area contributed by atoms with Crippen molar-refractivity contribution in [1.29, 1.82) is 0 Å². The van der Waals surface area contributed by atoms with E-state index < -0.39 is 140 Å². The summed E-state index contributed by atoms with van der Waals surface area (Å²) in [6, 6.07) is -2.40. The van der Waals surface area contributed by atoms with E-state index in [4.69, 9.17) is 22.3 Å². The molecule has 24 nitrogen and oxygen atoms in total. The number of aliphatic hydroxyl groups is 1.